The van der Waals surface area contributed by atoms with Crippen molar-refractivity contribution < 1.29 is 29.2 Å². The molecule has 0 saturated carbocycles. The summed E-state index contributed by atoms with van der Waals surface area (Å²) in [5, 5.41) is 10.8. The molecule has 8 heteroatoms. The molecule has 2 aromatic rings. The van der Waals surface area contributed by atoms with Crippen LogP contribution in [0.2, 0.25) is 0 Å². The molecule has 0 radical (unpaired) electrons. The third-order valence-electron chi connectivity index (χ3n) is 4.11. The Morgan fingerprint density at radius 1 is 1.15 bits per heavy atom. The molecule has 2 N–H and O–H groups in total. The zero-order valence-electron chi connectivity index (χ0n) is 14.6. The fourth-order valence-corrected chi connectivity index (χ4v) is 3.52. The van der Waals surface area contributed by atoms with E-state index in [1.165, 1.54) is 0 Å². The first kappa shape index (κ1) is 19.2. The van der Waals surface area contributed by atoms with Gasteiger partial charge in [-0.1, -0.05) is 36.0 Å². The van der Waals surface area contributed by atoms with Gasteiger partial charge in [-0.2, -0.15) is 0 Å². The van der Waals surface area contributed by atoms with Crippen LogP contribution in [-0.4, -0.2) is 35.4 Å². The fraction of sp³-hybridized carbons (Fsp3) is 0.263. The lowest BCUT2D eigenvalue weighted by atomic mass is 10.1. The van der Waals surface area contributed by atoms with Crippen LogP contribution in [0.5, 0.6) is 11.5 Å². The van der Waals surface area contributed by atoms with Crippen molar-refractivity contribution in [3.8, 4) is 11.5 Å². The van der Waals surface area contributed by atoms with Crippen molar-refractivity contribution in [2.75, 3.05) is 13.7 Å². The maximum absolute atomic E-state index is 11.6. The van der Waals surface area contributed by atoms with Crippen LogP contribution >= 0.6 is 11.8 Å². The number of carbonyl (C=O) groups is 2. The molecule has 2 atom stereocenters. The van der Waals surface area contributed by atoms with Gasteiger partial charge >= 0.3 is 0 Å². The Morgan fingerprint density at radius 2 is 1.93 bits per heavy atom. The van der Waals surface area contributed by atoms with Gasteiger partial charge in [0.15, 0.2) is 6.10 Å². The average Bonchev–Trinajstić information content (AvgIpc) is 3.00. The third-order valence-corrected chi connectivity index (χ3v) is 5.09. The Morgan fingerprint density at radius 3 is 2.56 bits per heavy atom. The van der Waals surface area contributed by atoms with E-state index in [0.717, 1.165) is 22.9 Å². The highest BCUT2D eigenvalue weighted by molar-refractivity contribution is 8.15. The number of rotatable bonds is 8. The molecule has 0 aliphatic carbocycles. The normalized spacial score (nSPS) is 17.5. The van der Waals surface area contributed by atoms with Crippen LogP contribution in [0.1, 0.15) is 17.2 Å². The van der Waals surface area contributed by atoms with E-state index in [-0.39, 0.29) is 17.8 Å². The van der Waals surface area contributed by atoms with Gasteiger partial charge in [-0.25, -0.2) is 4.89 Å². The van der Waals surface area contributed by atoms with Gasteiger partial charge in [-0.3, -0.25) is 20.2 Å². The first-order chi connectivity index (χ1) is 13.1. The van der Waals surface area contributed by atoms with Gasteiger partial charge in [0.05, 0.1) is 12.4 Å². The number of imide groups is 1. The fourth-order valence-electron chi connectivity index (χ4n) is 2.66. The zero-order valence-corrected chi connectivity index (χ0v) is 15.4. The molecular formula is C19H19NO6S. The topological polar surface area (TPSA) is 94.1 Å². The lowest BCUT2D eigenvalue weighted by Gasteiger charge is -2.16. The van der Waals surface area contributed by atoms with Crippen molar-refractivity contribution in [1.29, 1.82) is 0 Å². The van der Waals surface area contributed by atoms with Crippen LogP contribution in [0.15, 0.2) is 48.5 Å². The van der Waals surface area contributed by atoms with Gasteiger partial charge in [0.1, 0.15) is 18.1 Å². The molecule has 27 heavy (non-hydrogen) atoms. The van der Waals surface area contributed by atoms with Gasteiger partial charge in [0, 0.05) is 0 Å². The van der Waals surface area contributed by atoms with Crippen LogP contribution in [0.3, 0.4) is 0 Å². The lowest BCUT2D eigenvalue weighted by molar-refractivity contribution is -0.286. The van der Waals surface area contributed by atoms with Gasteiger partial charge in [-0.05, 0) is 41.8 Å². The Kier molecular flexibility index (Phi) is 6.33. The van der Waals surface area contributed by atoms with Crippen molar-refractivity contribution in [2.45, 2.75) is 17.8 Å². The van der Waals surface area contributed by atoms with E-state index in [0.29, 0.717) is 17.9 Å². The highest BCUT2D eigenvalue weighted by Gasteiger charge is 2.31. The van der Waals surface area contributed by atoms with Gasteiger partial charge in [0.25, 0.3) is 5.24 Å². The van der Waals surface area contributed by atoms with Crippen molar-refractivity contribution in [2.24, 2.45) is 0 Å². The van der Waals surface area contributed by atoms with E-state index in [1.807, 2.05) is 18.2 Å². The Balaban J connectivity index is 1.57. The molecule has 2 aromatic carbocycles. The standard InChI is InChI=1S/C19H19NO6S/c1-24-15-4-2-3-13(10-15)16(26-23)11-25-14-7-5-12(6-8-14)9-17-18(21)20-19(22)27-17/h2-8,10,16-17,23H,9,11H2,1H3,(H,20,21,22). The smallest absolute Gasteiger partial charge is 0.286 e. The van der Waals surface area contributed by atoms with Crippen LogP contribution in [-0.2, 0) is 16.1 Å². The predicted octanol–water partition coefficient (Wildman–Crippen LogP) is 3.20. The molecule has 1 aliphatic heterocycles. The van der Waals surface area contributed by atoms with E-state index >= 15 is 0 Å². The summed E-state index contributed by atoms with van der Waals surface area (Å²) in [6.07, 6.45) is -0.196. The summed E-state index contributed by atoms with van der Waals surface area (Å²) in [6.45, 7) is 0.110. The minimum Gasteiger partial charge on any atom is -0.497 e. The van der Waals surface area contributed by atoms with Crippen LogP contribution in [0.4, 0.5) is 4.79 Å². The summed E-state index contributed by atoms with van der Waals surface area (Å²) >= 11 is 1.01. The molecule has 0 bridgehead atoms. The summed E-state index contributed by atoms with van der Waals surface area (Å²) in [7, 11) is 1.57. The van der Waals surface area contributed by atoms with E-state index in [4.69, 9.17) is 9.47 Å². The summed E-state index contributed by atoms with van der Waals surface area (Å²) in [6, 6.07) is 14.4. The summed E-state index contributed by atoms with van der Waals surface area (Å²) in [5.41, 5.74) is 1.65. The SMILES string of the molecule is COc1cccc(C(COc2ccc(CC3SC(=O)NC3=O)cc2)OO)c1. The minimum absolute atomic E-state index is 0.110. The second-order valence-electron chi connectivity index (χ2n) is 5.91. The largest absolute Gasteiger partial charge is 0.497 e. The first-order valence-corrected chi connectivity index (χ1v) is 9.14. The third kappa shape index (κ3) is 5.00. The van der Waals surface area contributed by atoms with Crippen molar-refractivity contribution >= 4 is 22.9 Å². The molecule has 1 aliphatic rings. The molecule has 0 aromatic heterocycles. The monoisotopic (exact) mass is 389 g/mol. The number of methoxy groups -OCH3 is 1. The van der Waals surface area contributed by atoms with E-state index in [1.54, 1.807) is 37.4 Å². The van der Waals surface area contributed by atoms with Crippen molar-refractivity contribution in [3.05, 3.63) is 59.7 Å². The maximum atomic E-state index is 11.6. The number of thioether (sulfide) groups is 1. The summed E-state index contributed by atoms with van der Waals surface area (Å²) in [4.78, 5) is 27.4. The molecule has 7 nitrogen and oxygen atoms in total. The highest BCUT2D eigenvalue weighted by atomic mass is 32.2. The molecule has 1 heterocycles. The van der Waals surface area contributed by atoms with E-state index in [2.05, 4.69) is 10.2 Å². The highest BCUT2D eigenvalue weighted by Crippen LogP contribution is 2.25. The molecule has 0 spiro atoms. The van der Waals surface area contributed by atoms with Gasteiger partial charge < -0.3 is 9.47 Å². The number of ether oxygens (including phenoxy) is 2. The van der Waals surface area contributed by atoms with E-state index < -0.39 is 11.4 Å². The first-order valence-electron chi connectivity index (χ1n) is 8.26. The Labute approximate surface area is 160 Å². The number of benzene rings is 2. The zero-order chi connectivity index (χ0) is 19.2. The molecule has 2 amide bonds. The second-order valence-corrected chi connectivity index (χ2v) is 7.09. The Bertz CT molecular complexity index is 810. The quantitative estimate of drug-likeness (QED) is 0.529. The maximum Gasteiger partial charge on any atom is 0.286 e. The summed E-state index contributed by atoms with van der Waals surface area (Å²) in [5.74, 6) is 1.00. The van der Waals surface area contributed by atoms with Gasteiger partial charge in [-0.15, -0.1) is 0 Å². The molecule has 1 fully saturated rings. The average molecular weight is 389 g/mol. The van der Waals surface area contributed by atoms with Gasteiger partial charge in [0.2, 0.25) is 5.91 Å². The molecule has 142 valence electrons. The molecule has 2 unspecified atom stereocenters. The molecule has 3 rings (SSSR count). The lowest BCUT2D eigenvalue weighted by Crippen LogP contribution is -2.25. The van der Waals surface area contributed by atoms with E-state index in [9.17, 15) is 14.8 Å². The van der Waals surface area contributed by atoms with Crippen LogP contribution < -0.4 is 14.8 Å². The predicted molar refractivity (Wildman–Crippen MR) is 100 cm³/mol. The number of nitrogens with one attached hydrogen (secondary N) is 1. The number of hydrogen-bond donors (Lipinski definition) is 2. The number of amides is 2. The number of carbonyl (C=O) groups excluding carboxylic acids is 2. The summed E-state index contributed by atoms with van der Waals surface area (Å²) < 4.78 is 10.9. The van der Waals surface area contributed by atoms with Crippen LogP contribution in [0, 0.1) is 0 Å². The van der Waals surface area contributed by atoms with Crippen LogP contribution in [0.25, 0.3) is 0 Å². The second kappa shape index (κ2) is 8.90. The molecular weight excluding hydrogens is 370 g/mol. The van der Waals surface area contributed by atoms with Crippen molar-refractivity contribution in [3.63, 3.8) is 0 Å². The number of hydrogen-bond acceptors (Lipinski definition) is 7. The molecule has 1 saturated heterocycles. The minimum atomic E-state index is -0.663. The Hall–Kier alpha value is -2.55. The van der Waals surface area contributed by atoms with Crippen molar-refractivity contribution in [1.82, 2.24) is 5.32 Å².